The Hall–Kier alpha value is -3.61. The number of carboxylic acids is 1. The zero-order valence-corrected chi connectivity index (χ0v) is 17.1. The number of para-hydroxylation sites is 1. The molecular weight excluding hydrogens is 386 g/mol. The molecule has 4 rings (SSSR count). The van der Waals surface area contributed by atoms with Crippen molar-refractivity contribution in [3.8, 4) is 11.5 Å². The van der Waals surface area contributed by atoms with Gasteiger partial charge in [-0.3, -0.25) is 14.5 Å². The normalized spacial score (nSPS) is 17.7. The Kier molecular flexibility index (Phi) is 4.42. The molecule has 1 amide bonds. The lowest BCUT2D eigenvalue weighted by Gasteiger charge is -2.22. The number of esters is 1. The van der Waals surface area contributed by atoms with Crippen LogP contribution in [0.3, 0.4) is 0 Å². The molecule has 0 atom stereocenters. The molecule has 2 aromatic rings. The highest BCUT2D eigenvalue weighted by Gasteiger charge is 2.42. The second-order valence-corrected chi connectivity index (χ2v) is 8.24. The summed E-state index contributed by atoms with van der Waals surface area (Å²) in [7, 11) is 1.53. The van der Waals surface area contributed by atoms with Crippen molar-refractivity contribution in [1.29, 1.82) is 0 Å². The lowest BCUT2D eigenvalue weighted by Crippen LogP contribution is -2.32. The van der Waals surface area contributed by atoms with E-state index in [-0.39, 0.29) is 16.6 Å². The molecule has 7 heteroatoms. The molecule has 7 nitrogen and oxygen atoms in total. The molecule has 0 unspecified atom stereocenters. The van der Waals surface area contributed by atoms with E-state index in [9.17, 15) is 19.5 Å². The summed E-state index contributed by atoms with van der Waals surface area (Å²) < 4.78 is 11.1. The van der Waals surface area contributed by atoms with Gasteiger partial charge in [0.2, 0.25) is 0 Å². The number of rotatable bonds is 3. The number of ether oxygens (including phenoxy) is 2. The second kappa shape index (κ2) is 6.73. The molecule has 154 valence electrons. The number of methoxy groups -OCH3 is 1. The zero-order chi connectivity index (χ0) is 21.8. The van der Waals surface area contributed by atoms with E-state index in [1.165, 1.54) is 7.11 Å². The molecule has 0 aromatic heterocycles. The zero-order valence-electron chi connectivity index (χ0n) is 17.1. The van der Waals surface area contributed by atoms with Gasteiger partial charge in [0.05, 0.1) is 23.9 Å². The minimum atomic E-state index is -1.14. The van der Waals surface area contributed by atoms with Crippen LogP contribution < -0.4 is 14.4 Å². The number of hydrogen-bond donors (Lipinski definition) is 1. The number of carbonyl (C=O) groups excluding carboxylic acids is 2. The van der Waals surface area contributed by atoms with Crippen LogP contribution in [-0.2, 0) is 19.8 Å². The van der Waals surface area contributed by atoms with Gasteiger partial charge in [0, 0.05) is 16.7 Å². The summed E-state index contributed by atoms with van der Waals surface area (Å²) in [6.07, 6.45) is 0. The van der Waals surface area contributed by atoms with Crippen LogP contribution in [0.1, 0.15) is 37.5 Å². The fraction of sp³-hybridized carbons (Fsp3) is 0.261. The molecule has 2 aliphatic heterocycles. The van der Waals surface area contributed by atoms with Crippen molar-refractivity contribution in [2.24, 2.45) is 0 Å². The van der Waals surface area contributed by atoms with Crippen LogP contribution in [0, 0.1) is 0 Å². The number of fused-ring (bicyclic) bond motifs is 2. The molecule has 2 heterocycles. The third kappa shape index (κ3) is 2.94. The Balaban J connectivity index is 2.02. The van der Waals surface area contributed by atoms with Crippen molar-refractivity contribution in [2.75, 3.05) is 18.6 Å². The van der Waals surface area contributed by atoms with Crippen LogP contribution in [0.15, 0.2) is 36.4 Å². The van der Waals surface area contributed by atoms with Crippen LogP contribution >= 0.6 is 0 Å². The van der Waals surface area contributed by atoms with Gasteiger partial charge in [0.25, 0.3) is 5.91 Å². The first kappa shape index (κ1) is 19.7. The van der Waals surface area contributed by atoms with E-state index in [2.05, 4.69) is 0 Å². The fourth-order valence-electron chi connectivity index (χ4n) is 3.88. The summed E-state index contributed by atoms with van der Waals surface area (Å²) in [5.74, 6) is -1.39. The van der Waals surface area contributed by atoms with Crippen molar-refractivity contribution in [3.63, 3.8) is 0 Å². The van der Waals surface area contributed by atoms with Crippen LogP contribution in [-0.4, -0.2) is 36.6 Å². The number of anilines is 1. The molecular formula is C23H21NO6. The van der Waals surface area contributed by atoms with Crippen LogP contribution in [0.25, 0.3) is 11.1 Å². The van der Waals surface area contributed by atoms with E-state index < -0.39 is 24.4 Å². The van der Waals surface area contributed by atoms with Gasteiger partial charge in [-0.2, -0.15) is 0 Å². The van der Waals surface area contributed by atoms with Crippen molar-refractivity contribution in [1.82, 2.24) is 0 Å². The Morgan fingerprint density at radius 1 is 1.10 bits per heavy atom. The number of hydrogen-bond acceptors (Lipinski definition) is 5. The Morgan fingerprint density at radius 2 is 1.80 bits per heavy atom. The third-order valence-electron chi connectivity index (χ3n) is 5.24. The van der Waals surface area contributed by atoms with E-state index >= 15 is 0 Å². The van der Waals surface area contributed by atoms with Crippen molar-refractivity contribution < 1.29 is 29.0 Å². The number of nitrogens with zero attached hydrogens (tertiary/aromatic N) is 1. The molecule has 30 heavy (non-hydrogen) atoms. The molecule has 0 bridgehead atoms. The number of carbonyl (C=O) groups is 3. The van der Waals surface area contributed by atoms with Gasteiger partial charge in [-0.05, 0) is 23.6 Å². The molecule has 0 radical (unpaired) electrons. The minimum Gasteiger partial charge on any atom is -0.497 e. The van der Waals surface area contributed by atoms with Crippen LogP contribution in [0.4, 0.5) is 5.69 Å². The highest BCUT2D eigenvalue weighted by molar-refractivity contribution is 6.46. The van der Waals surface area contributed by atoms with E-state index in [0.29, 0.717) is 28.3 Å². The maximum Gasteiger partial charge on any atom is 0.345 e. The first-order valence-electron chi connectivity index (χ1n) is 9.46. The van der Waals surface area contributed by atoms with Gasteiger partial charge in [-0.15, -0.1) is 0 Å². The quantitative estimate of drug-likeness (QED) is 0.477. The molecule has 0 spiro atoms. The average molecular weight is 407 g/mol. The average Bonchev–Trinajstić information content (AvgIpc) is 3.13. The minimum absolute atomic E-state index is 0.125. The lowest BCUT2D eigenvalue weighted by molar-refractivity contribution is -0.136. The Bertz CT molecular complexity index is 1140. The summed E-state index contributed by atoms with van der Waals surface area (Å²) in [5.41, 5.74) is 2.13. The van der Waals surface area contributed by atoms with E-state index in [1.807, 2.05) is 26.8 Å². The molecule has 2 aliphatic rings. The van der Waals surface area contributed by atoms with E-state index in [1.54, 1.807) is 30.3 Å². The molecule has 2 aromatic carbocycles. The predicted octanol–water partition coefficient (Wildman–Crippen LogP) is 3.25. The third-order valence-corrected chi connectivity index (χ3v) is 5.24. The standard InChI is InChI=1S/C23H21NO6/c1-23(2,3)15-10-12(29-4)9-14-19(22(28)30-20(14)15)18-13-7-5-6-8-16(13)24(21(18)27)11-17(25)26/h5-10H,11H2,1-4H3,(H,25,26)/b19-18+. The number of amides is 1. The predicted molar refractivity (Wildman–Crippen MR) is 111 cm³/mol. The fourth-order valence-corrected chi connectivity index (χ4v) is 3.88. The molecule has 0 aliphatic carbocycles. The second-order valence-electron chi connectivity index (χ2n) is 8.24. The molecule has 0 fully saturated rings. The summed E-state index contributed by atoms with van der Waals surface area (Å²) >= 11 is 0. The van der Waals surface area contributed by atoms with Gasteiger partial charge < -0.3 is 14.6 Å². The highest BCUT2D eigenvalue weighted by Crippen LogP contribution is 2.49. The highest BCUT2D eigenvalue weighted by atomic mass is 16.5. The smallest absolute Gasteiger partial charge is 0.345 e. The molecule has 0 saturated carbocycles. The number of benzene rings is 2. The van der Waals surface area contributed by atoms with Crippen molar-refractivity contribution >= 4 is 34.7 Å². The largest absolute Gasteiger partial charge is 0.497 e. The number of aliphatic carboxylic acids is 1. The monoisotopic (exact) mass is 407 g/mol. The summed E-state index contributed by atoms with van der Waals surface area (Å²) in [4.78, 5) is 38.7. The maximum atomic E-state index is 13.2. The van der Waals surface area contributed by atoms with Gasteiger partial charge in [0.15, 0.2) is 0 Å². The van der Waals surface area contributed by atoms with E-state index in [0.717, 1.165) is 10.5 Å². The SMILES string of the molecule is COc1cc2c(c(C(C)(C)C)c1)OC(=O)/C2=C1/C(=O)N(CC(=O)O)c2ccccc21. The summed E-state index contributed by atoms with van der Waals surface area (Å²) in [5, 5.41) is 9.25. The lowest BCUT2D eigenvalue weighted by atomic mass is 9.84. The van der Waals surface area contributed by atoms with Gasteiger partial charge in [-0.1, -0.05) is 39.0 Å². The topological polar surface area (TPSA) is 93.1 Å². The number of carboxylic acid groups (broad SMARTS) is 1. The summed E-state index contributed by atoms with van der Waals surface area (Å²) in [6.45, 7) is 5.48. The van der Waals surface area contributed by atoms with Gasteiger partial charge in [-0.25, -0.2) is 4.79 Å². The van der Waals surface area contributed by atoms with Gasteiger partial charge in [0.1, 0.15) is 18.0 Å². The first-order valence-corrected chi connectivity index (χ1v) is 9.46. The van der Waals surface area contributed by atoms with Crippen LogP contribution in [0.5, 0.6) is 11.5 Å². The summed E-state index contributed by atoms with van der Waals surface area (Å²) in [6, 6.07) is 10.3. The van der Waals surface area contributed by atoms with Crippen molar-refractivity contribution in [3.05, 3.63) is 53.1 Å². The van der Waals surface area contributed by atoms with Crippen molar-refractivity contribution in [2.45, 2.75) is 26.2 Å². The molecule has 0 saturated heterocycles. The Morgan fingerprint density at radius 3 is 2.43 bits per heavy atom. The van der Waals surface area contributed by atoms with Crippen LogP contribution in [0.2, 0.25) is 0 Å². The first-order chi connectivity index (χ1) is 14.1. The maximum absolute atomic E-state index is 13.2. The van der Waals surface area contributed by atoms with Gasteiger partial charge >= 0.3 is 11.9 Å². The Labute approximate surface area is 173 Å². The molecule has 1 N–H and O–H groups in total. The van der Waals surface area contributed by atoms with E-state index in [4.69, 9.17) is 9.47 Å².